The van der Waals surface area contributed by atoms with Gasteiger partial charge in [0.25, 0.3) is 0 Å². The molecule has 0 spiro atoms. The number of aryl methyl sites for hydroxylation is 1. The van der Waals surface area contributed by atoms with E-state index in [1.54, 1.807) is 0 Å². The lowest BCUT2D eigenvalue weighted by molar-refractivity contribution is -0.116. The Kier molecular flexibility index (Phi) is 8.07. The maximum absolute atomic E-state index is 13.1. The van der Waals surface area contributed by atoms with Gasteiger partial charge in [-0.05, 0) is 36.6 Å². The van der Waals surface area contributed by atoms with Gasteiger partial charge in [-0.3, -0.25) is 4.79 Å². The minimum absolute atomic E-state index is 0.0557. The molecule has 152 valence electrons. The van der Waals surface area contributed by atoms with Crippen LogP contribution in [0.3, 0.4) is 0 Å². The van der Waals surface area contributed by atoms with Crippen LogP contribution in [-0.4, -0.2) is 28.4 Å². The van der Waals surface area contributed by atoms with Crippen LogP contribution in [0.2, 0.25) is 0 Å². The molecule has 7 heteroatoms. The molecule has 1 aromatic heterocycles. The number of thioether (sulfide) groups is 1. The molecule has 2 aromatic carbocycles. The van der Waals surface area contributed by atoms with E-state index in [9.17, 15) is 4.79 Å². The number of rotatable bonds is 10. The zero-order valence-electron chi connectivity index (χ0n) is 16.8. The second-order valence-corrected chi connectivity index (χ2v) is 8.95. The van der Waals surface area contributed by atoms with Crippen molar-refractivity contribution in [2.75, 3.05) is 22.5 Å². The highest BCUT2D eigenvalue weighted by Gasteiger charge is 2.18. The van der Waals surface area contributed by atoms with Crippen LogP contribution >= 0.6 is 23.1 Å². The number of carbonyl (C=O) groups excluding carboxylic acids is 1. The lowest BCUT2D eigenvalue weighted by atomic mass is 10.1. The van der Waals surface area contributed by atoms with Crippen LogP contribution in [0, 0.1) is 6.92 Å². The summed E-state index contributed by atoms with van der Waals surface area (Å²) in [6.07, 6.45) is 2.24. The maximum atomic E-state index is 13.1. The smallest absolute Gasteiger partial charge is 0.237 e. The van der Waals surface area contributed by atoms with Gasteiger partial charge in [-0.2, -0.15) is 0 Å². The van der Waals surface area contributed by atoms with Gasteiger partial charge in [-0.25, -0.2) is 0 Å². The van der Waals surface area contributed by atoms with E-state index in [0.29, 0.717) is 12.3 Å². The first kappa shape index (κ1) is 21.3. The van der Waals surface area contributed by atoms with Crippen molar-refractivity contribution in [1.82, 2.24) is 10.2 Å². The Hall–Kier alpha value is -2.38. The van der Waals surface area contributed by atoms with Gasteiger partial charge >= 0.3 is 0 Å². The summed E-state index contributed by atoms with van der Waals surface area (Å²) in [5.41, 5.74) is 3.15. The Morgan fingerprint density at radius 2 is 1.97 bits per heavy atom. The summed E-state index contributed by atoms with van der Waals surface area (Å²) in [5.74, 6) is 0.379. The van der Waals surface area contributed by atoms with E-state index in [2.05, 4.69) is 22.4 Å². The molecule has 0 unspecified atom stereocenters. The van der Waals surface area contributed by atoms with E-state index in [4.69, 9.17) is 0 Å². The van der Waals surface area contributed by atoms with Crippen molar-refractivity contribution in [2.45, 2.75) is 37.6 Å². The topological polar surface area (TPSA) is 58.1 Å². The first-order valence-corrected chi connectivity index (χ1v) is 11.6. The quantitative estimate of drug-likeness (QED) is 0.348. The van der Waals surface area contributed by atoms with Crippen molar-refractivity contribution in [2.24, 2.45) is 0 Å². The molecular weight excluding hydrogens is 400 g/mol. The van der Waals surface area contributed by atoms with Gasteiger partial charge in [0, 0.05) is 12.2 Å². The highest BCUT2D eigenvalue weighted by molar-refractivity contribution is 8.01. The number of unbranched alkanes of at least 4 members (excludes halogenated alkanes) is 1. The molecule has 0 radical (unpaired) electrons. The van der Waals surface area contributed by atoms with Gasteiger partial charge < -0.3 is 10.2 Å². The van der Waals surface area contributed by atoms with Crippen molar-refractivity contribution >= 4 is 39.8 Å². The Morgan fingerprint density at radius 3 is 2.72 bits per heavy atom. The number of aromatic nitrogens is 2. The third-order valence-electron chi connectivity index (χ3n) is 4.33. The molecular formula is C22H26N4OS2. The molecule has 0 atom stereocenters. The fourth-order valence-electron chi connectivity index (χ4n) is 2.80. The molecule has 0 saturated carbocycles. The van der Waals surface area contributed by atoms with E-state index in [-0.39, 0.29) is 5.91 Å². The van der Waals surface area contributed by atoms with Gasteiger partial charge in [-0.1, -0.05) is 78.9 Å². The number of hydrogen-bond donors (Lipinski definition) is 1. The standard InChI is InChI=1S/C22H26N4OS2/c1-3-4-13-23-21-24-25-22(29-21)28-16-20(27)26(15-18-10-6-5-7-11-18)19-12-8-9-17(2)14-19/h5-12,14H,3-4,13,15-16H2,1-2H3,(H,23,24). The van der Waals surface area contributed by atoms with E-state index >= 15 is 0 Å². The minimum Gasteiger partial charge on any atom is -0.360 e. The van der Waals surface area contributed by atoms with Crippen LogP contribution < -0.4 is 10.2 Å². The van der Waals surface area contributed by atoms with Crippen LogP contribution in [0.25, 0.3) is 0 Å². The van der Waals surface area contributed by atoms with E-state index in [0.717, 1.165) is 45.7 Å². The SMILES string of the molecule is CCCCNc1nnc(SCC(=O)N(Cc2ccccc2)c2cccc(C)c2)s1. The fourth-order valence-corrected chi connectivity index (χ4v) is 4.45. The summed E-state index contributed by atoms with van der Waals surface area (Å²) in [6.45, 7) is 5.64. The number of carbonyl (C=O) groups is 1. The van der Waals surface area contributed by atoms with E-state index < -0.39 is 0 Å². The van der Waals surface area contributed by atoms with Crippen LogP contribution in [0.5, 0.6) is 0 Å². The number of nitrogens with one attached hydrogen (secondary N) is 1. The molecule has 1 amide bonds. The van der Waals surface area contributed by atoms with Crippen LogP contribution in [0.1, 0.15) is 30.9 Å². The van der Waals surface area contributed by atoms with E-state index in [1.165, 1.54) is 23.1 Å². The van der Waals surface area contributed by atoms with Crippen LogP contribution in [-0.2, 0) is 11.3 Å². The number of benzene rings is 2. The molecule has 1 heterocycles. The highest BCUT2D eigenvalue weighted by Crippen LogP contribution is 2.27. The van der Waals surface area contributed by atoms with Gasteiger partial charge in [0.15, 0.2) is 4.34 Å². The molecule has 3 rings (SSSR count). The molecule has 0 aliphatic rings. The lowest BCUT2D eigenvalue weighted by Gasteiger charge is -2.23. The zero-order chi connectivity index (χ0) is 20.5. The van der Waals surface area contributed by atoms with Crippen molar-refractivity contribution in [3.8, 4) is 0 Å². The molecule has 1 N–H and O–H groups in total. The number of hydrogen-bond acceptors (Lipinski definition) is 6. The summed E-state index contributed by atoms with van der Waals surface area (Å²) in [7, 11) is 0. The molecule has 0 aliphatic heterocycles. The van der Waals surface area contributed by atoms with Crippen molar-refractivity contribution in [3.63, 3.8) is 0 Å². The monoisotopic (exact) mass is 426 g/mol. The largest absolute Gasteiger partial charge is 0.360 e. The molecule has 0 aliphatic carbocycles. The van der Waals surface area contributed by atoms with Gasteiger partial charge in [-0.15, -0.1) is 10.2 Å². The van der Waals surface area contributed by atoms with Crippen LogP contribution in [0.15, 0.2) is 58.9 Å². The van der Waals surface area contributed by atoms with Gasteiger partial charge in [0.1, 0.15) is 0 Å². The Morgan fingerprint density at radius 1 is 1.14 bits per heavy atom. The van der Waals surface area contributed by atoms with Crippen molar-refractivity contribution in [3.05, 3.63) is 65.7 Å². The molecule has 0 saturated heterocycles. The fraction of sp³-hybridized carbons (Fsp3) is 0.318. The first-order valence-electron chi connectivity index (χ1n) is 9.77. The lowest BCUT2D eigenvalue weighted by Crippen LogP contribution is -2.32. The first-order chi connectivity index (χ1) is 14.2. The average molecular weight is 427 g/mol. The summed E-state index contributed by atoms with van der Waals surface area (Å²) in [4.78, 5) is 14.9. The third kappa shape index (κ3) is 6.58. The molecule has 0 bridgehead atoms. The van der Waals surface area contributed by atoms with Crippen molar-refractivity contribution in [1.29, 1.82) is 0 Å². The van der Waals surface area contributed by atoms with Gasteiger partial charge in [0.2, 0.25) is 11.0 Å². The summed E-state index contributed by atoms with van der Waals surface area (Å²) in [5, 5.41) is 12.4. The molecule has 0 fully saturated rings. The maximum Gasteiger partial charge on any atom is 0.237 e. The number of amides is 1. The second-order valence-electron chi connectivity index (χ2n) is 6.75. The predicted molar refractivity (Wildman–Crippen MR) is 123 cm³/mol. The molecule has 5 nitrogen and oxygen atoms in total. The Balaban J connectivity index is 1.66. The Labute approximate surface area is 180 Å². The van der Waals surface area contributed by atoms with E-state index in [1.807, 2.05) is 66.4 Å². The van der Waals surface area contributed by atoms with Crippen molar-refractivity contribution < 1.29 is 4.79 Å². The zero-order valence-corrected chi connectivity index (χ0v) is 18.4. The Bertz CT molecular complexity index is 914. The number of anilines is 2. The predicted octanol–water partition coefficient (Wildman–Crippen LogP) is 5.38. The molecule has 29 heavy (non-hydrogen) atoms. The molecule has 3 aromatic rings. The third-order valence-corrected chi connectivity index (χ3v) is 6.33. The highest BCUT2D eigenvalue weighted by atomic mass is 32.2. The summed E-state index contributed by atoms with van der Waals surface area (Å²) in [6, 6.07) is 18.1. The van der Waals surface area contributed by atoms with Gasteiger partial charge in [0.05, 0.1) is 12.3 Å². The number of nitrogens with zero attached hydrogens (tertiary/aromatic N) is 3. The minimum atomic E-state index is 0.0557. The summed E-state index contributed by atoms with van der Waals surface area (Å²) >= 11 is 2.94. The average Bonchev–Trinajstić information content (AvgIpc) is 3.19. The summed E-state index contributed by atoms with van der Waals surface area (Å²) < 4.78 is 0.807. The normalized spacial score (nSPS) is 10.7. The van der Waals surface area contributed by atoms with Crippen LogP contribution in [0.4, 0.5) is 10.8 Å². The second kappa shape index (κ2) is 11.0.